The molecule has 0 bridgehead atoms. The Morgan fingerprint density at radius 3 is 2.52 bits per heavy atom. The molecule has 21 heavy (non-hydrogen) atoms. The molecule has 0 aliphatic carbocycles. The SMILES string of the molecule is CCOC(=O)NCCC(=O)NNC(=O)c1cc(C)oc1C. The number of ether oxygens (including phenoxy) is 1. The number of furan rings is 1. The monoisotopic (exact) mass is 297 g/mol. The van der Waals surface area contributed by atoms with Crippen LogP contribution in [0.15, 0.2) is 10.5 Å². The summed E-state index contributed by atoms with van der Waals surface area (Å²) >= 11 is 0. The minimum atomic E-state index is -0.584. The summed E-state index contributed by atoms with van der Waals surface area (Å²) in [6.07, 6.45) is -0.568. The van der Waals surface area contributed by atoms with Crippen LogP contribution in [-0.4, -0.2) is 31.1 Å². The fraction of sp³-hybridized carbons (Fsp3) is 0.462. The first-order valence-corrected chi connectivity index (χ1v) is 6.50. The number of rotatable bonds is 5. The first-order valence-electron chi connectivity index (χ1n) is 6.50. The molecule has 0 saturated carbocycles. The second-order valence-corrected chi connectivity index (χ2v) is 4.23. The highest BCUT2D eigenvalue weighted by Gasteiger charge is 2.14. The summed E-state index contributed by atoms with van der Waals surface area (Å²) < 4.78 is 9.86. The van der Waals surface area contributed by atoms with Gasteiger partial charge in [0.05, 0.1) is 12.2 Å². The van der Waals surface area contributed by atoms with Crippen molar-refractivity contribution in [1.82, 2.24) is 16.2 Å². The van der Waals surface area contributed by atoms with Crippen LogP contribution >= 0.6 is 0 Å². The van der Waals surface area contributed by atoms with Gasteiger partial charge in [-0.15, -0.1) is 0 Å². The Kier molecular flexibility index (Phi) is 6.25. The summed E-state index contributed by atoms with van der Waals surface area (Å²) in [6, 6.07) is 1.58. The van der Waals surface area contributed by atoms with Crippen molar-refractivity contribution in [3.05, 3.63) is 23.2 Å². The molecule has 1 rings (SSSR count). The number of hydrogen-bond acceptors (Lipinski definition) is 5. The Bertz CT molecular complexity index is 524. The van der Waals surface area contributed by atoms with E-state index in [0.717, 1.165) is 0 Å². The van der Waals surface area contributed by atoms with Crippen molar-refractivity contribution in [2.75, 3.05) is 13.2 Å². The first kappa shape index (κ1) is 16.5. The Morgan fingerprint density at radius 2 is 1.95 bits per heavy atom. The molecule has 1 aromatic heterocycles. The zero-order chi connectivity index (χ0) is 15.8. The molecule has 0 radical (unpaired) electrons. The zero-order valence-electron chi connectivity index (χ0n) is 12.2. The van der Waals surface area contributed by atoms with Crippen LogP contribution in [0.5, 0.6) is 0 Å². The number of carbonyl (C=O) groups is 3. The van der Waals surface area contributed by atoms with E-state index in [-0.39, 0.29) is 19.6 Å². The van der Waals surface area contributed by atoms with Crippen LogP contribution in [0.4, 0.5) is 4.79 Å². The Morgan fingerprint density at radius 1 is 1.24 bits per heavy atom. The molecule has 8 nitrogen and oxygen atoms in total. The van der Waals surface area contributed by atoms with E-state index in [1.165, 1.54) is 0 Å². The minimum absolute atomic E-state index is 0.0164. The van der Waals surface area contributed by atoms with Gasteiger partial charge in [-0.2, -0.15) is 0 Å². The number of hydrazine groups is 1. The molecule has 8 heteroatoms. The summed E-state index contributed by atoms with van der Waals surface area (Å²) in [6.45, 7) is 5.44. The van der Waals surface area contributed by atoms with Gasteiger partial charge in [-0.3, -0.25) is 20.4 Å². The number of aryl methyl sites for hydroxylation is 2. The topological polar surface area (TPSA) is 110 Å². The third kappa shape index (κ3) is 5.55. The standard InChI is InChI=1S/C13H19N3O5/c1-4-20-13(19)14-6-5-11(17)15-16-12(18)10-7-8(2)21-9(10)3/h7H,4-6H2,1-3H3,(H,14,19)(H,15,17)(H,16,18). The zero-order valence-corrected chi connectivity index (χ0v) is 12.2. The number of alkyl carbamates (subject to hydrolysis) is 1. The molecule has 1 heterocycles. The van der Waals surface area contributed by atoms with Gasteiger partial charge in [0, 0.05) is 13.0 Å². The lowest BCUT2D eigenvalue weighted by molar-refractivity contribution is -0.121. The molecule has 0 aliphatic heterocycles. The molecule has 0 aliphatic rings. The van der Waals surface area contributed by atoms with Gasteiger partial charge in [0.15, 0.2) is 0 Å². The predicted molar refractivity (Wildman–Crippen MR) is 73.4 cm³/mol. The average molecular weight is 297 g/mol. The molecular weight excluding hydrogens is 278 g/mol. The molecule has 1 aromatic rings. The van der Waals surface area contributed by atoms with E-state index in [1.807, 2.05) is 0 Å². The molecule has 0 saturated heterocycles. The van der Waals surface area contributed by atoms with Crippen LogP contribution in [0.3, 0.4) is 0 Å². The second-order valence-electron chi connectivity index (χ2n) is 4.23. The van der Waals surface area contributed by atoms with Crippen LogP contribution in [0, 0.1) is 13.8 Å². The maximum atomic E-state index is 11.8. The average Bonchev–Trinajstić information content (AvgIpc) is 2.75. The number of amides is 3. The van der Waals surface area contributed by atoms with Gasteiger partial charge in [-0.1, -0.05) is 0 Å². The smallest absolute Gasteiger partial charge is 0.407 e. The van der Waals surface area contributed by atoms with Gasteiger partial charge in [0.2, 0.25) is 5.91 Å². The van der Waals surface area contributed by atoms with Crippen LogP contribution in [0.1, 0.15) is 35.2 Å². The van der Waals surface area contributed by atoms with E-state index in [0.29, 0.717) is 17.1 Å². The molecule has 0 aromatic carbocycles. The minimum Gasteiger partial charge on any atom is -0.466 e. The Hall–Kier alpha value is -2.51. The lowest BCUT2D eigenvalue weighted by atomic mass is 10.2. The lowest BCUT2D eigenvalue weighted by Gasteiger charge is -2.07. The van der Waals surface area contributed by atoms with Crippen LogP contribution in [0.25, 0.3) is 0 Å². The third-order valence-corrected chi connectivity index (χ3v) is 2.50. The summed E-state index contributed by atoms with van der Waals surface area (Å²) in [5, 5.41) is 2.40. The highest BCUT2D eigenvalue weighted by molar-refractivity contribution is 5.96. The van der Waals surface area contributed by atoms with E-state index >= 15 is 0 Å². The van der Waals surface area contributed by atoms with Gasteiger partial charge in [0.25, 0.3) is 5.91 Å². The molecule has 116 valence electrons. The molecule has 0 fully saturated rings. The summed E-state index contributed by atoms with van der Waals surface area (Å²) in [5.74, 6) is 0.194. The third-order valence-electron chi connectivity index (χ3n) is 2.50. The molecule has 0 atom stereocenters. The molecule has 3 amide bonds. The quantitative estimate of drug-likeness (QED) is 0.696. The Labute approximate surface area is 122 Å². The van der Waals surface area contributed by atoms with Gasteiger partial charge in [-0.25, -0.2) is 4.79 Å². The molecule has 0 spiro atoms. The van der Waals surface area contributed by atoms with Crippen molar-refractivity contribution >= 4 is 17.9 Å². The van der Waals surface area contributed by atoms with Crippen molar-refractivity contribution in [2.24, 2.45) is 0 Å². The fourth-order valence-corrected chi connectivity index (χ4v) is 1.57. The van der Waals surface area contributed by atoms with Crippen molar-refractivity contribution in [2.45, 2.75) is 27.2 Å². The predicted octanol–water partition coefficient (Wildman–Crippen LogP) is 0.794. The maximum absolute atomic E-state index is 11.8. The van der Waals surface area contributed by atoms with Crippen LogP contribution in [0.2, 0.25) is 0 Å². The number of nitrogens with one attached hydrogen (secondary N) is 3. The van der Waals surface area contributed by atoms with E-state index < -0.39 is 17.9 Å². The van der Waals surface area contributed by atoms with Crippen molar-refractivity contribution < 1.29 is 23.5 Å². The normalized spacial score (nSPS) is 9.86. The fourth-order valence-electron chi connectivity index (χ4n) is 1.57. The second kappa shape index (κ2) is 7.93. The number of carbonyl (C=O) groups excluding carboxylic acids is 3. The summed E-state index contributed by atoms with van der Waals surface area (Å²) in [4.78, 5) is 34.2. The first-order chi connectivity index (χ1) is 9.93. The highest BCUT2D eigenvalue weighted by atomic mass is 16.5. The van der Waals surface area contributed by atoms with Crippen LogP contribution < -0.4 is 16.2 Å². The molecule has 3 N–H and O–H groups in total. The summed E-state index contributed by atoms with van der Waals surface area (Å²) in [5.41, 5.74) is 4.88. The molecular formula is C13H19N3O5. The van der Waals surface area contributed by atoms with Gasteiger partial charge in [0.1, 0.15) is 11.5 Å². The van der Waals surface area contributed by atoms with Crippen molar-refractivity contribution in [3.8, 4) is 0 Å². The Balaban J connectivity index is 2.28. The van der Waals surface area contributed by atoms with E-state index in [9.17, 15) is 14.4 Å². The van der Waals surface area contributed by atoms with Gasteiger partial charge >= 0.3 is 6.09 Å². The van der Waals surface area contributed by atoms with Crippen molar-refractivity contribution in [1.29, 1.82) is 0 Å². The summed E-state index contributed by atoms with van der Waals surface area (Å²) in [7, 11) is 0. The highest BCUT2D eigenvalue weighted by Crippen LogP contribution is 2.12. The van der Waals surface area contributed by atoms with Crippen molar-refractivity contribution in [3.63, 3.8) is 0 Å². The van der Waals surface area contributed by atoms with E-state index in [1.54, 1.807) is 26.8 Å². The molecule has 0 unspecified atom stereocenters. The van der Waals surface area contributed by atoms with Gasteiger partial charge in [-0.05, 0) is 26.8 Å². The van der Waals surface area contributed by atoms with E-state index in [4.69, 9.17) is 4.42 Å². The van der Waals surface area contributed by atoms with Crippen LogP contribution in [-0.2, 0) is 9.53 Å². The number of hydrogen-bond donors (Lipinski definition) is 3. The lowest BCUT2D eigenvalue weighted by Crippen LogP contribution is -2.42. The van der Waals surface area contributed by atoms with Gasteiger partial charge < -0.3 is 14.5 Å². The maximum Gasteiger partial charge on any atom is 0.407 e. The largest absolute Gasteiger partial charge is 0.466 e. The van der Waals surface area contributed by atoms with E-state index in [2.05, 4.69) is 20.9 Å².